The third kappa shape index (κ3) is 9.51. The normalized spacial score (nSPS) is 9.00. The molecule has 0 spiro atoms. The summed E-state index contributed by atoms with van der Waals surface area (Å²) < 4.78 is 0. The summed E-state index contributed by atoms with van der Waals surface area (Å²) in [6.45, 7) is 9.70. The van der Waals surface area contributed by atoms with Crippen molar-refractivity contribution in [3.63, 3.8) is 0 Å². The van der Waals surface area contributed by atoms with E-state index in [1.807, 2.05) is 6.92 Å². The van der Waals surface area contributed by atoms with Crippen LogP contribution in [0.15, 0.2) is 12.2 Å². The number of hydrogen-bond donors (Lipinski definition) is 3. The molecule has 5 heteroatoms. The minimum atomic E-state index is -0.0662. The van der Waals surface area contributed by atoms with E-state index in [-0.39, 0.29) is 18.3 Å². The highest BCUT2D eigenvalue weighted by Crippen LogP contribution is 1.85. The Morgan fingerprint density at radius 3 is 2.43 bits per heavy atom. The van der Waals surface area contributed by atoms with Gasteiger partial charge in [-0.1, -0.05) is 13.5 Å². The predicted molar refractivity (Wildman–Crippen MR) is 61.4 cm³/mol. The van der Waals surface area contributed by atoms with E-state index in [0.717, 1.165) is 19.5 Å². The van der Waals surface area contributed by atoms with Gasteiger partial charge in [0.2, 0.25) is 5.91 Å². The number of hydrazine groups is 1. The summed E-state index contributed by atoms with van der Waals surface area (Å²) in [7, 11) is 0. The number of amides is 1. The minimum Gasteiger partial charge on any atom is -0.352 e. The molecule has 0 aliphatic heterocycles. The Bertz CT molecular complexity index is 173. The van der Waals surface area contributed by atoms with Gasteiger partial charge in [0.25, 0.3) is 0 Å². The number of halogens is 1. The number of rotatable bonds is 7. The van der Waals surface area contributed by atoms with Crippen LogP contribution in [0.5, 0.6) is 0 Å². The summed E-state index contributed by atoms with van der Waals surface area (Å²) in [4.78, 5) is 11.0. The maximum absolute atomic E-state index is 11.0. The zero-order chi connectivity index (χ0) is 10.1. The number of hydrogen-bond acceptors (Lipinski definition) is 3. The van der Waals surface area contributed by atoms with Crippen LogP contribution in [0.3, 0.4) is 0 Å². The lowest BCUT2D eigenvalue weighted by Crippen LogP contribution is -2.34. The van der Waals surface area contributed by atoms with E-state index in [1.54, 1.807) is 6.92 Å². The maximum Gasteiger partial charge on any atom is 0.246 e. The summed E-state index contributed by atoms with van der Waals surface area (Å²) >= 11 is 0. The van der Waals surface area contributed by atoms with Crippen LogP contribution in [0.1, 0.15) is 20.3 Å². The van der Waals surface area contributed by atoms with Gasteiger partial charge in [-0.05, 0) is 13.3 Å². The summed E-state index contributed by atoms with van der Waals surface area (Å²) in [5.41, 5.74) is 6.55. The molecule has 1 amide bonds. The van der Waals surface area contributed by atoms with Crippen LogP contribution in [0.2, 0.25) is 0 Å². The lowest BCUT2D eigenvalue weighted by atomic mass is 10.3. The van der Waals surface area contributed by atoms with Crippen LogP contribution in [0, 0.1) is 0 Å². The molecule has 84 valence electrons. The number of nitrogens with one attached hydrogen (secondary N) is 3. The van der Waals surface area contributed by atoms with Crippen molar-refractivity contribution in [1.82, 2.24) is 16.2 Å². The van der Waals surface area contributed by atoms with E-state index in [9.17, 15) is 4.79 Å². The first-order chi connectivity index (χ1) is 6.18. The molecule has 0 atom stereocenters. The van der Waals surface area contributed by atoms with Gasteiger partial charge in [0.1, 0.15) is 0 Å². The third-order valence-electron chi connectivity index (χ3n) is 1.45. The molecule has 0 radical (unpaired) electrons. The van der Waals surface area contributed by atoms with Crippen LogP contribution in [0.4, 0.5) is 0 Å². The van der Waals surface area contributed by atoms with Crippen molar-refractivity contribution < 1.29 is 4.79 Å². The first-order valence-electron chi connectivity index (χ1n) is 4.58. The molecule has 0 aromatic heterocycles. The second kappa shape index (κ2) is 10.5. The molecule has 0 aliphatic carbocycles. The zero-order valence-corrected chi connectivity index (χ0v) is 9.67. The Morgan fingerprint density at radius 2 is 1.93 bits per heavy atom. The first-order valence-corrected chi connectivity index (χ1v) is 4.58. The van der Waals surface area contributed by atoms with Crippen molar-refractivity contribution in [1.29, 1.82) is 0 Å². The molecule has 0 aromatic carbocycles. The molecule has 14 heavy (non-hydrogen) atoms. The molecular formula is C9H20ClN3O. The van der Waals surface area contributed by atoms with Crippen LogP contribution in [-0.2, 0) is 4.79 Å². The highest BCUT2D eigenvalue weighted by atomic mass is 35.5. The summed E-state index contributed by atoms with van der Waals surface area (Å²) in [6, 6.07) is 0. The van der Waals surface area contributed by atoms with Crippen LogP contribution in [0.25, 0.3) is 0 Å². The fourth-order valence-corrected chi connectivity index (χ4v) is 0.743. The topological polar surface area (TPSA) is 53.2 Å². The Kier molecular flexibility index (Phi) is 11.9. The van der Waals surface area contributed by atoms with Gasteiger partial charge in [0.05, 0.1) is 0 Å². The fraction of sp³-hybridized carbons (Fsp3) is 0.667. The van der Waals surface area contributed by atoms with Crippen molar-refractivity contribution in [2.45, 2.75) is 20.3 Å². The lowest BCUT2D eigenvalue weighted by molar-refractivity contribution is -0.117. The van der Waals surface area contributed by atoms with Crippen molar-refractivity contribution in [3.8, 4) is 0 Å². The highest BCUT2D eigenvalue weighted by molar-refractivity contribution is 5.91. The fourth-order valence-electron chi connectivity index (χ4n) is 0.743. The van der Waals surface area contributed by atoms with Gasteiger partial charge in [-0.2, -0.15) is 0 Å². The van der Waals surface area contributed by atoms with E-state index in [0.29, 0.717) is 12.1 Å². The van der Waals surface area contributed by atoms with Crippen LogP contribution < -0.4 is 16.2 Å². The van der Waals surface area contributed by atoms with Gasteiger partial charge < -0.3 is 5.32 Å². The number of carbonyl (C=O) groups is 1. The van der Waals surface area contributed by atoms with Crippen molar-refractivity contribution >= 4 is 18.3 Å². The van der Waals surface area contributed by atoms with Crippen LogP contribution >= 0.6 is 12.4 Å². The standard InChI is InChI=1S/C9H19N3O.ClH/c1-4-11-12-7-5-6-10-9(13)8(2)3;/h11-12H,2,4-7H2,1,3H3,(H,10,13);1H. The van der Waals surface area contributed by atoms with Gasteiger partial charge in [0.15, 0.2) is 0 Å². The Balaban J connectivity index is 0. The second-order valence-corrected chi connectivity index (χ2v) is 2.85. The van der Waals surface area contributed by atoms with Gasteiger partial charge in [-0.15, -0.1) is 12.4 Å². The first kappa shape index (κ1) is 15.9. The molecule has 0 rings (SSSR count). The molecule has 0 aromatic rings. The Labute approximate surface area is 91.9 Å². The SMILES string of the molecule is C=C(C)C(=O)NCCCNNCC.Cl. The third-order valence-corrected chi connectivity index (χ3v) is 1.45. The molecular weight excluding hydrogens is 202 g/mol. The van der Waals surface area contributed by atoms with E-state index in [4.69, 9.17) is 0 Å². The van der Waals surface area contributed by atoms with Gasteiger partial charge in [-0.3, -0.25) is 15.6 Å². The molecule has 0 aliphatic rings. The van der Waals surface area contributed by atoms with Gasteiger partial charge in [0, 0.05) is 25.2 Å². The molecule has 0 unspecified atom stereocenters. The molecule has 0 heterocycles. The van der Waals surface area contributed by atoms with E-state index in [1.165, 1.54) is 0 Å². The molecule has 4 nitrogen and oxygen atoms in total. The molecule has 0 saturated heterocycles. The smallest absolute Gasteiger partial charge is 0.246 e. The molecule has 0 saturated carbocycles. The summed E-state index contributed by atoms with van der Waals surface area (Å²) in [5, 5.41) is 2.75. The Hall–Kier alpha value is -0.580. The molecule has 0 bridgehead atoms. The van der Waals surface area contributed by atoms with Gasteiger partial charge >= 0.3 is 0 Å². The lowest BCUT2D eigenvalue weighted by Gasteiger charge is -2.05. The average molecular weight is 222 g/mol. The largest absolute Gasteiger partial charge is 0.352 e. The van der Waals surface area contributed by atoms with E-state index < -0.39 is 0 Å². The minimum absolute atomic E-state index is 0. The Morgan fingerprint density at radius 1 is 1.29 bits per heavy atom. The second-order valence-electron chi connectivity index (χ2n) is 2.85. The quantitative estimate of drug-likeness (QED) is 0.335. The van der Waals surface area contributed by atoms with Gasteiger partial charge in [-0.25, -0.2) is 0 Å². The van der Waals surface area contributed by atoms with Crippen LogP contribution in [-0.4, -0.2) is 25.5 Å². The van der Waals surface area contributed by atoms with Crippen molar-refractivity contribution in [3.05, 3.63) is 12.2 Å². The molecule has 3 N–H and O–H groups in total. The average Bonchev–Trinajstić information content (AvgIpc) is 2.10. The monoisotopic (exact) mass is 221 g/mol. The summed E-state index contributed by atoms with van der Waals surface area (Å²) in [5.74, 6) is -0.0662. The van der Waals surface area contributed by atoms with Crippen molar-refractivity contribution in [2.24, 2.45) is 0 Å². The van der Waals surface area contributed by atoms with Crippen molar-refractivity contribution in [2.75, 3.05) is 19.6 Å². The molecule has 0 fully saturated rings. The maximum atomic E-state index is 11.0. The zero-order valence-electron chi connectivity index (χ0n) is 8.85. The predicted octanol–water partition coefficient (Wildman–Crippen LogP) is 0.605. The van der Waals surface area contributed by atoms with E-state index in [2.05, 4.69) is 22.7 Å². The summed E-state index contributed by atoms with van der Waals surface area (Å²) in [6.07, 6.45) is 0.909. The highest BCUT2D eigenvalue weighted by Gasteiger charge is 1.98. The van der Waals surface area contributed by atoms with E-state index >= 15 is 0 Å². The number of carbonyl (C=O) groups excluding carboxylic acids is 1.